The number of fused-ring (bicyclic) bond motifs is 4. The van der Waals surface area contributed by atoms with Gasteiger partial charge >= 0.3 is 6.03 Å². The van der Waals surface area contributed by atoms with Gasteiger partial charge in [-0.15, -0.1) is 0 Å². The minimum Gasteiger partial charge on any atom is -0.384 e. The topological polar surface area (TPSA) is 92.7 Å². The number of piperidine rings is 1. The second kappa shape index (κ2) is 8.71. The van der Waals surface area contributed by atoms with Gasteiger partial charge in [-0.2, -0.15) is 0 Å². The van der Waals surface area contributed by atoms with Crippen molar-refractivity contribution < 1.29 is 14.3 Å². The number of carbonyl (C=O) groups excluding carboxylic acids is 2. The van der Waals surface area contributed by atoms with Crippen LogP contribution in [0.1, 0.15) is 24.5 Å². The van der Waals surface area contributed by atoms with E-state index in [1.54, 1.807) is 29.9 Å². The summed E-state index contributed by atoms with van der Waals surface area (Å²) >= 11 is 0. The van der Waals surface area contributed by atoms with Crippen molar-refractivity contribution >= 4 is 23.3 Å². The van der Waals surface area contributed by atoms with Gasteiger partial charge in [0.05, 0.1) is 13.0 Å². The summed E-state index contributed by atoms with van der Waals surface area (Å²) in [5, 5.41) is 5.38. The fourth-order valence-electron chi connectivity index (χ4n) is 4.40. The molecule has 0 spiro atoms. The van der Waals surface area contributed by atoms with E-state index in [0.717, 1.165) is 12.1 Å². The number of likely N-dealkylation sites (tertiary alicyclic amines) is 1. The number of nitrogens with zero attached hydrogens (tertiary/aromatic N) is 2. The molecule has 1 fully saturated rings. The fourth-order valence-corrected chi connectivity index (χ4v) is 4.40. The van der Waals surface area contributed by atoms with Gasteiger partial charge < -0.3 is 24.8 Å². The lowest BCUT2D eigenvalue weighted by Gasteiger charge is -2.43. The lowest BCUT2D eigenvalue weighted by atomic mass is 9.83. The summed E-state index contributed by atoms with van der Waals surface area (Å²) in [5.41, 5.74) is 1.63. The molecule has 30 heavy (non-hydrogen) atoms. The second-order valence-electron chi connectivity index (χ2n) is 7.87. The number of carbonyl (C=O) groups is 2. The molecule has 1 saturated heterocycles. The van der Waals surface area contributed by atoms with Gasteiger partial charge in [-0.05, 0) is 36.6 Å². The Morgan fingerprint density at radius 2 is 1.87 bits per heavy atom. The van der Waals surface area contributed by atoms with Crippen molar-refractivity contribution in [2.24, 2.45) is 5.92 Å². The Kier molecular flexibility index (Phi) is 5.85. The van der Waals surface area contributed by atoms with Crippen molar-refractivity contribution in [2.75, 3.05) is 37.4 Å². The predicted octanol–water partition coefficient (Wildman–Crippen LogP) is 2.47. The molecule has 3 heterocycles. The molecule has 0 radical (unpaired) electrons. The number of methoxy groups -OCH3 is 1. The maximum Gasteiger partial charge on any atom is 0.323 e. The predicted molar refractivity (Wildman–Crippen MR) is 114 cm³/mol. The van der Waals surface area contributed by atoms with Gasteiger partial charge in [0.1, 0.15) is 5.69 Å². The number of anilines is 2. The molecule has 0 unspecified atom stereocenters. The SMILES string of the molecule is COCCC(=O)N1C[C@H]2C[C@H](C1)c1ccc(NC(=O)Nc3ccccc3)c(=O)n1C2. The van der Waals surface area contributed by atoms with E-state index in [9.17, 15) is 14.4 Å². The number of pyridine rings is 1. The summed E-state index contributed by atoms with van der Waals surface area (Å²) in [6.45, 7) is 2.23. The number of hydrogen-bond donors (Lipinski definition) is 2. The zero-order chi connectivity index (χ0) is 21.1. The molecule has 1 aromatic heterocycles. The molecule has 2 aromatic rings. The first-order valence-electron chi connectivity index (χ1n) is 10.2. The van der Waals surface area contributed by atoms with Gasteiger partial charge in [0.25, 0.3) is 5.56 Å². The monoisotopic (exact) mass is 410 g/mol. The molecule has 3 amide bonds. The molecule has 2 atom stereocenters. The summed E-state index contributed by atoms with van der Waals surface area (Å²) < 4.78 is 6.78. The Morgan fingerprint density at radius 1 is 1.07 bits per heavy atom. The molecule has 158 valence electrons. The first-order chi connectivity index (χ1) is 14.5. The Balaban J connectivity index is 1.48. The Labute approximate surface area is 174 Å². The lowest BCUT2D eigenvalue weighted by molar-refractivity contribution is -0.134. The zero-order valence-corrected chi connectivity index (χ0v) is 17.0. The van der Waals surface area contributed by atoms with Crippen LogP contribution in [0.3, 0.4) is 0 Å². The third-order valence-electron chi connectivity index (χ3n) is 5.76. The quantitative estimate of drug-likeness (QED) is 0.792. The maximum absolute atomic E-state index is 13.0. The van der Waals surface area contributed by atoms with Crippen LogP contribution in [0.2, 0.25) is 0 Å². The van der Waals surface area contributed by atoms with Crippen LogP contribution in [0.25, 0.3) is 0 Å². The van der Waals surface area contributed by atoms with Crippen molar-refractivity contribution in [3.05, 3.63) is 58.5 Å². The maximum atomic E-state index is 13.0. The van der Waals surface area contributed by atoms with Gasteiger partial charge in [0.15, 0.2) is 0 Å². The van der Waals surface area contributed by atoms with E-state index in [1.807, 2.05) is 29.2 Å². The van der Waals surface area contributed by atoms with Crippen molar-refractivity contribution in [1.29, 1.82) is 0 Å². The molecule has 0 aliphatic carbocycles. The average molecular weight is 410 g/mol. The summed E-state index contributed by atoms with van der Waals surface area (Å²) in [6.07, 6.45) is 1.34. The average Bonchev–Trinajstić information content (AvgIpc) is 2.75. The number of amides is 3. The van der Waals surface area contributed by atoms with Gasteiger partial charge in [-0.1, -0.05) is 18.2 Å². The number of ether oxygens (including phenoxy) is 1. The molecule has 2 bridgehead atoms. The van der Waals surface area contributed by atoms with Crippen LogP contribution in [0.15, 0.2) is 47.3 Å². The third kappa shape index (κ3) is 4.23. The van der Waals surface area contributed by atoms with Crippen molar-refractivity contribution in [1.82, 2.24) is 9.47 Å². The van der Waals surface area contributed by atoms with Crippen molar-refractivity contribution in [2.45, 2.75) is 25.3 Å². The number of aromatic nitrogens is 1. The van der Waals surface area contributed by atoms with E-state index in [4.69, 9.17) is 4.74 Å². The summed E-state index contributed by atoms with van der Waals surface area (Å²) in [7, 11) is 1.59. The van der Waals surface area contributed by atoms with E-state index in [1.165, 1.54) is 0 Å². The standard InChI is InChI=1S/C22H26N4O4/c1-30-10-9-20(27)25-12-15-11-16(14-25)19-8-7-18(21(28)26(19)13-15)24-22(29)23-17-5-3-2-4-6-17/h2-8,15-16H,9-14H2,1H3,(H2,23,24,29)/t15-,16-/m1/s1. The number of urea groups is 1. The third-order valence-corrected chi connectivity index (χ3v) is 5.76. The van der Waals surface area contributed by atoms with Gasteiger partial charge in [-0.25, -0.2) is 4.79 Å². The van der Waals surface area contributed by atoms with E-state index in [2.05, 4.69) is 10.6 Å². The molecule has 2 aliphatic rings. The molecule has 8 heteroatoms. The molecule has 0 saturated carbocycles. The first kappa shape index (κ1) is 20.2. The van der Waals surface area contributed by atoms with Crippen molar-refractivity contribution in [3.8, 4) is 0 Å². The molecule has 4 rings (SSSR count). The normalized spacial score (nSPS) is 19.7. The highest BCUT2D eigenvalue weighted by atomic mass is 16.5. The Bertz CT molecular complexity index is 988. The molecule has 8 nitrogen and oxygen atoms in total. The number of hydrogen-bond acceptors (Lipinski definition) is 4. The Hall–Kier alpha value is -3.13. The van der Waals surface area contributed by atoms with Gasteiger partial charge in [0, 0.05) is 44.0 Å². The summed E-state index contributed by atoms with van der Waals surface area (Å²) in [4.78, 5) is 39.6. The van der Waals surface area contributed by atoms with Crippen LogP contribution in [0, 0.1) is 5.92 Å². The number of rotatable bonds is 5. The van der Waals surface area contributed by atoms with Crippen molar-refractivity contribution in [3.63, 3.8) is 0 Å². The Morgan fingerprint density at radius 3 is 2.63 bits per heavy atom. The van der Waals surface area contributed by atoms with Crippen LogP contribution in [-0.4, -0.2) is 48.2 Å². The van der Waals surface area contributed by atoms with E-state index in [-0.39, 0.29) is 29.0 Å². The van der Waals surface area contributed by atoms with Crippen LogP contribution in [-0.2, 0) is 16.1 Å². The van der Waals surface area contributed by atoms with Crippen LogP contribution in [0.5, 0.6) is 0 Å². The van der Waals surface area contributed by atoms with E-state index >= 15 is 0 Å². The molecule has 2 N–H and O–H groups in total. The number of benzene rings is 1. The summed E-state index contributed by atoms with van der Waals surface area (Å²) in [6, 6.07) is 12.2. The zero-order valence-electron chi connectivity index (χ0n) is 17.0. The lowest BCUT2D eigenvalue weighted by Crippen LogP contribution is -2.49. The smallest absolute Gasteiger partial charge is 0.323 e. The number of para-hydroxylation sites is 1. The van der Waals surface area contributed by atoms with Crippen LogP contribution < -0.4 is 16.2 Å². The highest BCUT2D eigenvalue weighted by Crippen LogP contribution is 2.35. The summed E-state index contributed by atoms with van der Waals surface area (Å²) in [5.74, 6) is 0.455. The van der Waals surface area contributed by atoms with Gasteiger partial charge in [-0.3, -0.25) is 9.59 Å². The van der Waals surface area contributed by atoms with E-state index in [0.29, 0.717) is 38.3 Å². The fraction of sp³-hybridized carbons (Fsp3) is 0.409. The minimum absolute atomic E-state index is 0.0956. The van der Waals surface area contributed by atoms with Crippen LogP contribution in [0.4, 0.5) is 16.2 Å². The highest BCUT2D eigenvalue weighted by molar-refractivity contribution is 5.99. The minimum atomic E-state index is -0.454. The van der Waals surface area contributed by atoms with E-state index < -0.39 is 6.03 Å². The largest absolute Gasteiger partial charge is 0.384 e. The molecule has 2 aliphatic heterocycles. The molecular formula is C22H26N4O4. The second-order valence-corrected chi connectivity index (χ2v) is 7.87. The first-order valence-corrected chi connectivity index (χ1v) is 10.2. The molecule has 1 aromatic carbocycles. The number of nitrogens with one attached hydrogen (secondary N) is 2. The van der Waals surface area contributed by atoms with Crippen LogP contribution >= 0.6 is 0 Å². The highest BCUT2D eigenvalue weighted by Gasteiger charge is 2.36. The molecular weight excluding hydrogens is 384 g/mol. The van der Waals surface area contributed by atoms with Gasteiger partial charge in [0.2, 0.25) is 5.91 Å².